The van der Waals surface area contributed by atoms with Gasteiger partial charge >= 0.3 is 0 Å². The van der Waals surface area contributed by atoms with E-state index in [-0.39, 0.29) is 11.3 Å². The molecule has 1 aliphatic carbocycles. The third kappa shape index (κ3) is 3.37. The van der Waals surface area contributed by atoms with E-state index in [0.29, 0.717) is 11.5 Å². The summed E-state index contributed by atoms with van der Waals surface area (Å²) in [5.74, 6) is 0.965. The largest absolute Gasteiger partial charge is 0.502 e. The molecule has 1 fully saturated rings. The van der Waals surface area contributed by atoms with Gasteiger partial charge in [0.1, 0.15) is 0 Å². The summed E-state index contributed by atoms with van der Waals surface area (Å²) in [6, 6.07) is 3.72. The van der Waals surface area contributed by atoms with Crippen LogP contribution < -0.4 is 14.8 Å². The van der Waals surface area contributed by atoms with Gasteiger partial charge in [0.25, 0.3) is 0 Å². The summed E-state index contributed by atoms with van der Waals surface area (Å²) in [7, 11) is 3.10. The van der Waals surface area contributed by atoms with Crippen molar-refractivity contribution in [1.29, 1.82) is 0 Å². The van der Waals surface area contributed by atoms with Crippen molar-refractivity contribution >= 4 is 0 Å². The van der Waals surface area contributed by atoms with Crippen LogP contribution in [0.5, 0.6) is 17.2 Å². The van der Waals surface area contributed by atoms with E-state index < -0.39 is 0 Å². The molecule has 112 valence electrons. The van der Waals surface area contributed by atoms with Crippen LogP contribution >= 0.6 is 0 Å². The summed E-state index contributed by atoms with van der Waals surface area (Å²) in [5.41, 5.74) is 1.28. The Kier molecular flexibility index (Phi) is 4.76. The lowest BCUT2D eigenvalue weighted by Crippen LogP contribution is -2.43. The summed E-state index contributed by atoms with van der Waals surface area (Å²) < 4.78 is 10.4. The molecule has 0 radical (unpaired) electrons. The molecule has 0 amide bonds. The van der Waals surface area contributed by atoms with Crippen molar-refractivity contribution in [3.8, 4) is 17.2 Å². The SMILES string of the molecule is COc1cc(CNC2(C)CCCCC2)cc(OC)c1O. The first kappa shape index (κ1) is 15.0. The van der Waals surface area contributed by atoms with Crippen molar-refractivity contribution < 1.29 is 14.6 Å². The van der Waals surface area contributed by atoms with Crippen LogP contribution in [0.1, 0.15) is 44.6 Å². The van der Waals surface area contributed by atoms with Crippen molar-refractivity contribution in [1.82, 2.24) is 5.32 Å². The first-order valence-corrected chi connectivity index (χ1v) is 7.27. The maximum absolute atomic E-state index is 9.91. The maximum Gasteiger partial charge on any atom is 0.200 e. The highest BCUT2D eigenvalue weighted by Crippen LogP contribution is 2.37. The van der Waals surface area contributed by atoms with Gasteiger partial charge < -0.3 is 19.9 Å². The molecule has 0 aliphatic heterocycles. The fourth-order valence-electron chi connectivity index (χ4n) is 2.87. The predicted octanol–water partition coefficient (Wildman–Crippen LogP) is 3.22. The van der Waals surface area contributed by atoms with Gasteiger partial charge in [0.05, 0.1) is 14.2 Å². The molecule has 4 nitrogen and oxygen atoms in total. The third-order valence-electron chi connectivity index (χ3n) is 4.22. The topological polar surface area (TPSA) is 50.7 Å². The van der Waals surface area contributed by atoms with Gasteiger partial charge in [0.15, 0.2) is 11.5 Å². The fourth-order valence-corrected chi connectivity index (χ4v) is 2.87. The van der Waals surface area contributed by atoms with E-state index in [1.165, 1.54) is 32.1 Å². The van der Waals surface area contributed by atoms with Gasteiger partial charge in [0.2, 0.25) is 5.75 Å². The Morgan fingerprint density at radius 1 is 1.10 bits per heavy atom. The first-order chi connectivity index (χ1) is 9.58. The van der Waals surface area contributed by atoms with Crippen LogP contribution in [0, 0.1) is 0 Å². The molecule has 2 rings (SSSR count). The zero-order valence-corrected chi connectivity index (χ0v) is 12.7. The van der Waals surface area contributed by atoms with Gasteiger partial charge in [-0.15, -0.1) is 0 Å². The number of benzene rings is 1. The molecule has 0 spiro atoms. The minimum Gasteiger partial charge on any atom is -0.502 e. The molecule has 0 bridgehead atoms. The van der Waals surface area contributed by atoms with E-state index in [9.17, 15) is 5.11 Å². The van der Waals surface area contributed by atoms with Gasteiger partial charge in [-0.2, -0.15) is 0 Å². The predicted molar refractivity (Wildman–Crippen MR) is 79.5 cm³/mol. The van der Waals surface area contributed by atoms with E-state index in [4.69, 9.17) is 9.47 Å². The number of nitrogens with one attached hydrogen (secondary N) is 1. The van der Waals surface area contributed by atoms with Gasteiger partial charge in [-0.3, -0.25) is 0 Å². The van der Waals surface area contributed by atoms with Crippen LogP contribution in [-0.2, 0) is 6.54 Å². The maximum atomic E-state index is 9.91. The van der Waals surface area contributed by atoms with E-state index in [2.05, 4.69) is 12.2 Å². The molecule has 1 aromatic rings. The van der Waals surface area contributed by atoms with Crippen LogP contribution in [0.15, 0.2) is 12.1 Å². The zero-order valence-electron chi connectivity index (χ0n) is 12.7. The standard InChI is InChI=1S/C16H25NO3/c1-16(7-5-4-6-8-16)17-11-12-9-13(19-2)15(18)14(10-12)20-3/h9-10,17-18H,4-8,11H2,1-3H3. The van der Waals surface area contributed by atoms with Crippen LogP contribution in [0.2, 0.25) is 0 Å². The highest BCUT2D eigenvalue weighted by molar-refractivity contribution is 5.52. The molecule has 1 aromatic carbocycles. The van der Waals surface area contributed by atoms with Crippen LogP contribution in [-0.4, -0.2) is 24.9 Å². The molecule has 2 N–H and O–H groups in total. The summed E-state index contributed by atoms with van der Waals surface area (Å²) in [4.78, 5) is 0. The Hall–Kier alpha value is -1.42. The van der Waals surface area contributed by atoms with Crippen molar-refractivity contribution in [2.75, 3.05) is 14.2 Å². The average Bonchev–Trinajstić information content (AvgIpc) is 2.47. The number of phenols is 1. The van der Waals surface area contributed by atoms with Gasteiger partial charge in [-0.25, -0.2) is 0 Å². The smallest absolute Gasteiger partial charge is 0.200 e. The number of aromatic hydroxyl groups is 1. The third-order valence-corrected chi connectivity index (χ3v) is 4.22. The Labute approximate surface area is 121 Å². The number of methoxy groups -OCH3 is 2. The lowest BCUT2D eigenvalue weighted by Gasteiger charge is -2.35. The average molecular weight is 279 g/mol. The molecule has 0 aromatic heterocycles. The van der Waals surface area contributed by atoms with Gasteiger partial charge in [-0.1, -0.05) is 19.3 Å². The van der Waals surface area contributed by atoms with E-state index in [0.717, 1.165) is 12.1 Å². The summed E-state index contributed by atoms with van der Waals surface area (Å²) >= 11 is 0. The second-order valence-corrected chi connectivity index (χ2v) is 5.82. The van der Waals surface area contributed by atoms with E-state index in [1.807, 2.05) is 12.1 Å². The van der Waals surface area contributed by atoms with Gasteiger partial charge in [0, 0.05) is 12.1 Å². The Balaban J connectivity index is 2.09. The Morgan fingerprint density at radius 2 is 1.65 bits per heavy atom. The fraction of sp³-hybridized carbons (Fsp3) is 0.625. The normalized spacial score (nSPS) is 17.8. The van der Waals surface area contributed by atoms with Gasteiger partial charge in [-0.05, 0) is 37.5 Å². The zero-order chi connectivity index (χ0) is 14.6. The van der Waals surface area contributed by atoms with Crippen LogP contribution in [0.3, 0.4) is 0 Å². The highest BCUT2D eigenvalue weighted by Gasteiger charge is 2.26. The number of hydrogen-bond acceptors (Lipinski definition) is 4. The van der Waals surface area contributed by atoms with Crippen molar-refractivity contribution in [2.45, 2.75) is 51.1 Å². The molecule has 0 unspecified atom stereocenters. The highest BCUT2D eigenvalue weighted by atomic mass is 16.5. The van der Waals surface area contributed by atoms with Crippen LogP contribution in [0.4, 0.5) is 0 Å². The van der Waals surface area contributed by atoms with Crippen molar-refractivity contribution in [2.24, 2.45) is 0 Å². The van der Waals surface area contributed by atoms with Crippen LogP contribution in [0.25, 0.3) is 0 Å². The quantitative estimate of drug-likeness (QED) is 0.869. The summed E-state index contributed by atoms with van der Waals surface area (Å²) in [6.07, 6.45) is 6.38. The second-order valence-electron chi connectivity index (χ2n) is 5.82. The minimum atomic E-state index is 0.0580. The number of ether oxygens (including phenoxy) is 2. The number of rotatable bonds is 5. The molecule has 0 heterocycles. The first-order valence-electron chi connectivity index (χ1n) is 7.27. The van der Waals surface area contributed by atoms with E-state index in [1.54, 1.807) is 14.2 Å². The lowest BCUT2D eigenvalue weighted by molar-refractivity contribution is 0.252. The molecule has 0 atom stereocenters. The molecule has 20 heavy (non-hydrogen) atoms. The van der Waals surface area contributed by atoms with E-state index >= 15 is 0 Å². The molecular formula is C16H25NO3. The molecule has 4 heteroatoms. The minimum absolute atomic E-state index is 0.0580. The Bertz CT molecular complexity index is 428. The van der Waals surface area contributed by atoms with Crippen molar-refractivity contribution in [3.05, 3.63) is 17.7 Å². The molecule has 0 saturated heterocycles. The summed E-state index contributed by atoms with van der Waals surface area (Å²) in [6.45, 7) is 3.05. The Morgan fingerprint density at radius 3 is 2.15 bits per heavy atom. The molecule has 1 aliphatic rings. The molecular weight excluding hydrogens is 254 g/mol. The monoisotopic (exact) mass is 279 g/mol. The number of hydrogen-bond donors (Lipinski definition) is 2. The van der Waals surface area contributed by atoms with Crippen molar-refractivity contribution in [3.63, 3.8) is 0 Å². The lowest BCUT2D eigenvalue weighted by atomic mass is 9.83. The molecule has 1 saturated carbocycles. The second kappa shape index (κ2) is 6.35. The summed E-state index contributed by atoms with van der Waals surface area (Å²) in [5, 5.41) is 13.6. The number of phenolic OH excluding ortho intramolecular Hbond substituents is 1.